The Morgan fingerprint density at radius 2 is 0.611 bits per heavy atom. The van der Waals surface area contributed by atoms with Gasteiger partial charge in [-0.25, -0.2) is 42.5 Å². The standard InChI is InChI=1S/C32H34FN5O4.C29H30FN5O4.C24H27FN4O6.C23H26FN5O4/c1-2-25(39)19-35-31(41)29-30(40)27-26(17-21(18-34-27)16-20-6-8-22(33)9-7-20)28(37-29)32(42)36-23-10-12-24(13-11-23)38-14-4-3-5-15-38;1-4-22(36)16-32-28(38)26-27(37)24-23(14-18(15-31-24)13-17-5-7-19(30)8-6-17)25(34-26)29(39)33-20-9-11-21(12-10-20)35(2)3;1-2-17(32)10-27-23(34)21-22(33)19-18(20(29-21)24(35)28-16(11-30)12-31)8-14(9-26-19)7-13-3-5-15(25)6-4-13;1-4-16(30)12-26-22(32)20-21(31)18-17(19(27-20)23(33)28-29(2)3)10-14(11-25-18)9-13-5-7-15(24)8-6-13/h6-13,17-18,25,39-40H,2-5,14-16,19H2,1H3,(H,35,41)(H,36,42);5-12,14-15,22,36-37H,4,13,16H2,1-3H3,(H,32,38)(H,33,39);3-6,8-9,16-17,30-33H,2,7,10-12H2,1H3,(H,27,34)(H,28,35);5-8,10-11,16,30-31H,4,9,12H2,1-3H3,(H,26,32)(H,28,33). The molecule has 0 bridgehead atoms. The minimum Gasteiger partial charge on any atom is -0.504 e. The number of carbonyl (C=O) groups excluding carboxylic acids is 8. The molecule has 14 aromatic rings. The molecule has 149 heavy (non-hydrogen) atoms. The molecule has 15 rings (SSSR count). The summed E-state index contributed by atoms with van der Waals surface area (Å²) in [5.41, 5.74) is 9.64. The van der Waals surface area contributed by atoms with E-state index in [4.69, 9.17) is 0 Å². The Balaban J connectivity index is 0.000000177. The van der Waals surface area contributed by atoms with Crippen LogP contribution in [0.5, 0.6) is 23.0 Å². The highest BCUT2D eigenvalue weighted by Gasteiger charge is 2.32. The topological polar surface area (TPSA) is 548 Å². The van der Waals surface area contributed by atoms with E-state index < -0.39 is 120 Å². The lowest BCUT2D eigenvalue weighted by Crippen LogP contribution is -2.40. The number of carbonyl (C=O) groups is 8. The second-order valence-corrected chi connectivity index (χ2v) is 35.7. The van der Waals surface area contributed by atoms with Gasteiger partial charge in [0.1, 0.15) is 68.1 Å². The Kier molecular flexibility index (Phi) is 39.3. The van der Waals surface area contributed by atoms with Gasteiger partial charge in [0.2, 0.25) is 0 Å². The first-order chi connectivity index (χ1) is 71.4. The lowest BCUT2D eigenvalue weighted by atomic mass is 10.0. The molecule has 1 aliphatic rings. The lowest BCUT2D eigenvalue weighted by molar-refractivity contribution is 0.0848. The van der Waals surface area contributed by atoms with Crippen LogP contribution in [-0.2, 0) is 25.7 Å². The summed E-state index contributed by atoms with van der Waals surface area (Å²) in [6, 6.07) is 44.3. The minimum atomic E-state index is -0.972. The first-order valence-corrected chi connectivity index (χ1v) is 48.1. The molecule has 4 atom stereocenters. The number of pyridine rings is 8. The smallest absolute Gasteiger partial charge is 0.284 e. The third-order valence-electron chi connectivity index (χ3n) is 24.0. The van der Waals surface area contributed by atoms with Gasteiger partial charge in [-0.15, -0.1) is 0 Å². The van der Waals surface area contributed by atoms with E-state index >= 15 is 0 Å². The van der Waals surface area contributed by atoms with E-state index in [0.29, 0.717) is 85.0 Å². The maximum atomic E-state index is 13.6. The van der Waals surface area contributed by atoms with Crippen molar-refractivity contribution in [3.05, 3.63) is 308 Å². The maximum Gasteiger partial charge on any atom is 0.284 e. The number of aromatic hydroxyl groups is 4. The highest BCUT2D eigenvalue weighted by atomic mass is 19.1. The molecule has 6 aromatic carbocycles. The molecule has 0 spiro atoms. The largest absolute Gasteiger partial charge is 0.504 e. The molecule has 1 fully saturated rings. The van der Waals surface area contributed by atoms with E-state index in [-0.39, 0.29) is 133 Å². The van der Waals surface area contributed by atoms with E-state index in [1.54, 1.807) is 127 Å². The second kappa shape index (κ2) is 52.6. The van der Waals surface area contributed by atoms with Gasteiger partial charge in [0.25, 0.3) is 47.3 Å². The summed E-state index contributed by atoms with van der Waals surface area (Å²) in [6.45, 7) is 7.78. The van der Waals surface area contributed by atoms with Crippen LogP contribution in [-0.4, -0.2) is 254 Å². The summed E-state index contributed by atoms with van der Waals surface area (Å²) in [5.74, 6) is -8.97. The van der Waals surface area contributed by atoms with Crippen LogP contribution in [0.2, 0.25) is 0 Å². The summed E-state index contributed by atoms with van der Waals surface area (Å²) in [5, 5.41) is 122. The lowest BCUT2D eigenvalue weighted by Gasteiger charge is -2.28. The van der Waals surface area contributed by atoms with Crippen LogP contribution in [0.3, 0.4) is 0 Å². The Bertz CT molecular complexity index is 7100. The molecule has 18 N–H and O–H groups in total. The van der Waals surface area contributed by atoms with Gasteiger partial charge < -0.3 is 98.1 Å². The van der Waals surface area contributed by atoms with Gasteiger partial charge >= 0.3 is 0 Å². The number of aliphatic hydroxyl groups is 6. The van der Waals surface area contributed by atoms with Crippen molar-refractivity contribution in [1.29, 1.82) is 0 Å². The van der Waals surface area contributed by atoms with E-state index in [0.717, 1.165) is 59.6 Å². The third-order valence-corrected chi connectivity index (χ3v) is 24.0. The third kappa shape index (κ3) is 29.9. The fourth-order valence-corrected chi connectivity index (χ4v) is 15.5. The van der Waals surface area contributed by atoms with Crippen molar-refractivity contribution in [2.75, 3.05) is 101 Å². The van der Waals surface area contributed by atoms with Crippen LogP contribution in [0, 0.1) is 23.3 Å². The van der Waals surface area contributed by atoms with Gasteiger partial charge in [-0.3, -0.25) is 63.7 Å². The van der Waals surface area contributed by atoms with E-state index in [1.165, 1.54) is 84.7 Å². The average molecular weight is 2050 g/mol. The number of nitrogens with one attached hydrogen (secondary N) is 8. The Labute approximate surface area is 854 Å². The molecule has 1 saturated heterocycles. The van der Waals surface area contributed by atoms with Crippen molar-refractivity contribution in [2.45, 2.75) is 129 Å². The first kappa shape index (κ1) is 111. The molecule has 780 valence electrons. The van der Waals surface area contributed by atoms with Crippen molar-refractivity contribution in [1.82, 2.24) is 76.9 Å². The Hall–Kier alpha value is -16.4. The average Bonchev–Trinajstić information content (AvgIpc) is 0.776. The highest BCUT2D eigenvalue weighted by Crippen LogP contribution is 2.37. The number of hydrogen-bond acceptors (Lipinski definition) is 29. The number of hydrazine groups is 1. The molecular formula is C108H117F4N19O18. The van der Waals surface area contributed by atoms with Crippen molar-refractivity contribution in [3.63, 3.8) is 0 Å². The fourth-order valence-electron chi connectivity index (χ4n) is 15.5. The molecule has 41 heteroatoms. The van der Waals surface area contributed by atoms with Crippen LogP contribution < -0.4 is 52.4 Å². The number of nitrogens with zero attached hydrogens (tertiary/aromatic N) is 11. The highest BCUT2D eigenvalue weighted by molar-refractivity contribution is 6.16. The SMILES string of the molecule is CCC(O)CNC(=O)c1nc(C(=O)NC(CO)CO)c2cc(Cc3ccc(F)cc3)cnc2c1O.CCC(O)CNC(=O)c1nc(C(=O)NN(C)C)c2cc(Cc3ccc(F)cc3)cnc2c1O.CCC(O)CNC(=O)c1nc(C(=O)Nc2ccc(N(C)C)cc2)c2cc(Cc3ccc(F)cc3)cnc2c1O.CCC(O)CNC(=O)c1nc(C(=O)Nc2ccc(N3CCCCC3)cc2)c2cc(Cc3ccc(F)cc3)cnc2c1O. The number of aromatic nitrogens is 8. The minimum absolute atomic E-state index is 0.0298. The van der Waals surface area contributed by atoms with E-state index in [1.807, 2.05) is 55.4 Å². The van der Waals surface area contributed by atoms with Gasteiger partial charge in [-0.2, -0.15) is 0 Å². The van der Waals surface area contributed by atoms with E-state index in [2.05, 4.69) is 87.4 Å². The molecule has 0 radical (unpaired) electrons. The monoisotopic (exact) mass is 2040 g/mol. The summed E-state index contributed by atoms with van der Waals surface area (Å²) in [7, 11) is 7.06. The molecule has 9 heterocycles. The number of piperidine rings is 1. The molecule has 1 aliphatic heterocycles. The number of amides is 8. The number of aliphatic hydroxyl groups excluding tert-OH is 6. The molecule has 0 aliphatic carbocycles. The van der Waals surface area contributed by atoms with Crippen LogP contribution in [0.25, 0.3) is 43.6 Å². The zero-order valence-electron chi connectivity index (χ0n) is 83.0. The van der Waals surface area contributed by atoms with Crippen molar-refractivity contribution in [3.8, 4) is 23.0 Å². The zero-order valence-corrected chi connectivity index (χ0v) is 83.0. The quantitative estimate of drug-likeness (QED) is 0.0128. The fraction of sp³-hybridized carbons (Fsp3) is 0.296. The van der Waals surface area contributed by atoms with Crippen molar-refractivity contribution in [2.24, 2.45) is 0 Å². The van der Waals surface area contributed by atoms with Crippen molar-refractivity contribution < 1.29 is 107 Å². The van der Waals surface area contributed by atoms with Gasteiger partial charge in [0, 0.05) is 137 Å². The number of hydrogen-bond donors (Lipinski definition) is 18. The van der Waals surface area contributed by atoms with E-state index in [9.17, 15) is 107 Å². The second-order valence-electron chi connectivity index (χ2n) is 35.7. The molecule has 37 nitrogen and oxygen atoms in total. The molecule has 8 aromatic heterocycles. The van der Waals surface area contributed by atoms with Gasteiger partial charge in [-0.05, 0) is 236 Å². The Morgan fingerprint density at radius 3 is 0.872 bits per heavy atom. The normalized spacial score (nSPS) is 12.5. The predicted molar refractivity (Wildman–Crippen MR) is 552 cm³/mol. The molecule has 4 unspecified atom stereocenters. The van der Waals surface area contributed by atoms with Gasteiger partial charge in [-0.1, -0.05) is 76.2 Å². The van der Waals surface area contributed by atoms with Crippen LogP contribution in [0.1, 0.15) is 201 Å². The van der Waals surface area contributed by atoms with Crippen LogP contribution in [0.4, 0.5) is 40.3 Å². The van der Waals surface area contributed by atoms with Gasteiger partial charge in [0.05, 0.1) is 43.7 Å². The molecule has 0 saturated carbocycles. The Morgan fingerprint density at radius 1 is 0.342 bits per heavy atom. The van der Waals surface area contributed by atoms with Crippen LogP contribution >= 0.6 is 0 Å². The number of fused-ring (bicyclic) bond motifs is 4. The number of benzene rings is 6. The zero-order chi connectivity index (χ0) is 107. The summed E-state index contributed by atoms with van der Waals surface area (Å²) in [6.07, 6.45) is 9.75. The van der Waals surface area contributed by atoms with Crippen molar-refractivity contribution >= 4 is 114 Å². The summed E-state index contributed by atoms with van der Waals surface area (Å²) >= 11 is 0. The summed E-state index contributed by atoms with van der Waals surface area (Å²) in [4.78, 5) is 142. The number of rotatable bonds is 36. The maximum absolute atomic E-state index is 13.6. The number of halogens is 4. The number of anilines is 4. The van der Waals surface area contributed by atoms with Crippen LogP contribution in [0.15, 0.2) is 195 Å². The molecular weight excluding hydrogens is 1930 g/mol. The predicted octanol–water partition coefficient (Wildman–Crippen LogP) is 11.1. The first-order valence-electron chi connectivity index (χ1n) is 48.1. The van der Waals surface area contributed by atoms with Gasteiger partial charge in [0.15, 0.2) is 45.8 Å². The molecule has 8 amide bonds. The summed E-state index contributed by atoms with van der Waals surface area (Å²) < 4.78 is 53.2.